The predicted octanol–water partition coefficient (Wildman–Crippen LogP) is 4.28. The van der Waals surface area contributed by atoms with E-state index in [4.69, 9.17) is 4.52 Å². The highest BCUT2D eigenvalue weighted by molar-refractivity contribution is 5.83. The second kappa shape index (κ2) is 7.97. The molecule has 1 saturated heterocycles. The Labute approximate surface area is 177 Å². The first kappa shape index (κ1) is 21.3. The molecular formula is C21H24F3N5O2. The number of carbonyl (C=O) groups is 1. The Balaban J connectivity index is 1.66. The molecule has 1 aliphatic rings. The van der Waals surface area contributed by atoms with E-state index in [9.17, 15) is 18.0 Å². The van der Waals surface area contributed by atoms with Crippen molar-refractivity contribution in [2.45, 2.75) is 58.2 Å². The van der Waals surface area contributed by atoms with Crippen LogP contribution in [-0.2, 0) is 17.4 Å². The highest BCUT2D eigenvalue weighted by atomic mass is 19.4. The Kier molecular flexibility index (Phi) is 5.49. The number of carbonyl (C=O) groups excluding carboxylic acids is 1. The summed E-state index contributed by atoms with van der Waals surface area (Å²) in [5.41, 5.74) is 0.495. The molecule has 0 spiro atoms. The first-order valence-corrected chi connectivity index (χ1v) is 10.4. The van der Waals surface area contributed by atoms with Gasteiger partial charge in [-0.2, -0.15) is 18.3 Å². The summed E-state index contributed by atoms with van der Waals surface area (Å²) in [6.07, 6.45) is -1.28. The van der Waals surface area contributed by atoms with E-state index in [1.165, 1.54) is 0 Å². The molecule has 10 heteroatoms. The second-order valence-electron chi connectivity index (χ2n) is 7.98. The lowest BCUT2D eigenvalue weighted by Gasteiger charge is -2.34. The average Bonchev–Trinajstić information content (AvgIpc) is 3.37. The normalized spacial score (nSPS) is 18.5. The molecular weight excluding hydrogens is 411 g/mol. The highest BCUT2D eigenvalue weighted by Crippen LogP contribution is 2.40. The Hall–Kier alpha value is -2.91. The number of hydrogen-bond acceptors (Lipinski definition) is 5. The van der Waals surface area contributed by atoms with Crippen LogP contribution in [0.1, 0.15) is 61.3 Å². The fraction of sp³-hybridized carbons (Fsp3) is 0.524. The summed E-state index contributed by atoms with van der Waals surface area (Å²) < 4.78 is 48.2. The Morgan fingerprint density at radius 3 is 2.81 bits per heavy atom. The predicted molar refractivity (Wildman–Crippen MR) is 106 cm³/mol. The van der Waals surface area contributed by atoms with Crippen LogP contribution in [0.25, 0.3) is 11.1 Å². The molecule has 0 radical (unpaired) electrons. The van der Waals surface area contributed by atoms with E-state index in [0.717, 1.165) is 11.8 Å². The smallest absolute Gasteiger partial charge is 0.340 e. The molecule has 0 saturated carbocycles. The van der Waals surface area contributed by atoms with Crippen LogP contribution in [0.15, 0.2) is 22.9 Å². The molecule has 1 fully saturated rings. The van der Waals surface area contributed by atoms with Crippen molar-refractivity contribution in [3.63, 3.8) is 0 Å². The fourth-order valence-corrected chi connectivity index (χ4v) is 4.26. The molecule has 0 bridgehead atoms. The summed E-state index contributed by atoms with van der Waals surface area (Å²) in [5, 5.41) is 8.09. The van der Waals surface area contributed by atoms with E-state index in [1.807, 2.05) is 13.0 Å². The van der Waals surface area contributed by atoms with E-state index >= 15 is 0 Å². The topological polar surface area (TPSA) is 77.0 Å². The zero-order chi connectivity index (χ0) is 22.3. The van der Waals surface area contributed by atoms with Crippen molar-refractivity contribution in [1.29, 1.82) is 0 Å². The standard InChI is InChI=1S/C21H24F3N5O2/c1-4-15-10-16(21(22,23)24)17-18(27-31-19(17)26-15)14-6-5-9-28(11-14)20(30)13(3)29-12(2)7-8-25-29/h7-8,10,13-14H,4-6,9,11H2,1-3H3/t13-,14-/m0/s1. The van der Waals surface area contributed by atoms with Crippen LogP contribution in [-0.4, -0.2) is 43.8 Å². The molecule has 166 valence electrons. The number of aryl methyl sites for hydroxylation is 2. The molecule has 0 unspecified atom stereocenters. The molecule has 31 heavy (non-hydrogen) atoms. The maximum Gasteiger partial charge on any atom is 0.417 e. The van der Waals surface area contributed by atoms with Crippen molar-refractivity contribution in [3.8, 4) is 0 Å². The number of rotatable bonds is 4. The van der Waals surface area contributed by atoms with Gasteiger partial charge in [-0.05, 0) is 45.2 Å². The molecule has 0 aromatic carbocycles. The van der Waals surface area contributed by atoms with Crippen LogP contribution in [0, 0.1) is 6.92 Å². The molecule has 1 aliphatic heterocycles. The number of pyridine rings is 1. The third kappa shape index (κ3) is 3.90. The number of halogens is 3. The summed E-state index contributed by atoms with van der Waals surface area (Å²) in [7, 11) is 0. The number of hydrogen-bond donors (Lipinski definition) is 0. The largest absolute Gasteiger partial charge is 0.417 e. The molecule has 3 aromatic rings. The highest BCUT2D eigenvalue weighted by Gasteiger charge is 2.38. The first-order valence-electron chi connectivity index (χ1n) is 10.4. The lowest BCUT2D eigenvalue weighted by Crippen LogP contribution is -2.42. The summed E-state index contributed by atoms with van der Waals surface area (Å²) in [6, 6.07) is 2.39. The minimum Gasteiger partial charge on any atom is -0.340 e. The summed E-state index contributed by atoms with van der Waals surface area (Å²) in [4.78, 5) is 18.9. The van der Waals surface area contributed by atoms with Crippen LogP contribution in [0.3, 0.4) is 0 Å². The van der Waals surface area contributed by atoms with Gasteiger partial charge >= 0.3 is 6.18 Å². The summed E-state index contributed by atoms with van der Waals surface area (Å²) >= 11 is 0. The van der Waals surface area contributed by atoms with E-state index in [2.05, 4.69) is 15.2 Å². The maximum atomic E-state index is 13.8. The number of nitrogens with zero attached hydrogens (tertiary/aromatic N) is 5. The minimum absolute atomic E-state index is 0.0973. The Morgan fingerprint density at radius 2 is 2.16 bits per heavy atom. The van der Waals surface area contributed by atoms with Crippen molar-refractivity contribution in [2.75, 3.05) is 13.1 Å². The molecule has 0 aliphatic carbocycles. The van der Waals surface area contributed by atoms with E-state index < -0.39 is 17.8 Å². The zero-order valence-corrected chi connectivity index (χ0v) is 17.6. The van der Waals surface area contributed by atoms with Gasteiger partial charge in [-0.25, -0.2) is 4.98 Å². The van der Waals surface area contributed by atoms with Gasteiger partial charge in [-0.15, -0.1) is 0 Å². The molecule has 0 N–H and O–H groups in total. The molecule has 2 atom stereocenters. The van der Waals surface area contributed by atoms with Gasteiger partial charge in [0.1, 0.15) is 6.04 Å². The number of likely N-dealkylation sites (tertiary alicyclic amines) is 1. The van der Waals surface area contributed by atoms with Crippen molar-refractivity contribution in [2.24, 2.45) is 0 Å². The average molecular weight is 435 g/mol. The van der Waals surface area contributed by atoms with Crippen LogP contribution in [0.4, 0.5) is 13.2 Å². The van der Waals surface area contributed by atoms with Gasteiger partial charge in [0.25, 0.3) is 5.71 Å². The molecule has 4 heterocycles. The lowest BCUT2D eigenvalue weighted by molar-refractivity contribution is -0.137. The molecule has 7 nitrogen and oxygen atoms in total. The first-order chi connectivity index (χ1) is 14.7. The molecule has 3 aromatic heterocycles. The van der Waals surface area contributed by atoms with Gasteiger partial charge in [-0.1, -0.05) is 12.1 Å². The van der Waals surface area contributed by atoms with E-state index in [0.29, 0.717) is 31.5 Å². The lowest BCUT2D eigenvalue weighted by atomic mass is 9.91. The van der Waals surface area contributed by atoms with Gasteiger partial charge in [-0.3, -0.25) is 9.48 Å². The van der Waals surface area contributed by atoms with Crippen LogP contribution >= 0.6 is 0 Å². The third-order valence-corrected chi connectivity index (χ3v) is 5.91. The number of piperidine rings is 1. The quantitative estimate of drug-likeness (QED) is 0.612. The van der Waals surface area contributed by atoms with Gasteiger partial charge in [0.15, 0.2) is 0 Å². The van der Waals surface area contributed by atoms with Crippen molar-refractivity contribution in [3.05, 3.63) is 41.0 Å². The number of aromatic nitrogens is 4. The summed E-state index contributed by atoms with van der Waals surface area (Å²) in [6.45, 7) is 6.19. The van der Waals surface area contributed by atoms with Gasteiger partial charge in [0.05, 0.1) is 16.6 Å². The van der Waals surface area contributed by atoms with Crippen LogP contribution < -0.4 is 0 Å². The minimum atomic E-state index is -4.55. The molecule has 1 amide bonds. The summed E-state index contributed by atoms with van der Waals surface area (Å²) in [5.74, 6) is -0.480. The van der Waals surface area contributed by atoms with Crippen molar-refractivity contribution in [1.82, 2.24) is 24.8 Å². The van der Waals surface area contributed by atoms with Crippen molar-refractivity contribution >= 4 is 17.0 Å². The Bertz CT molecular complexity index is 1100. The number of amides is 1. The van der Waals surface area contributed by atoms with Crippen molar-refractivity contribution < 1.29 is 22.5 Å². The Morgan fingerprint density at radius 1 is 1.39 bits per heavy atom. The fourth-order valence-electron chi connectivity index (χ4n) is 4.26. The van der Waals surface area contributed by atoms with Gasteiger partial charge in [0, 0.05) is 36.6 Å². The van der Waals surface area contributed by atoms with E-state index in [-0.39, 0.29) is 35.2 Å². The number of alkyl halides is 3. The van der Waals surface area contributed by atoms with Crippen LogP contribution in [0.5, 0.6) is 0 Å². The molecule has 4 rings (SSSR count). The monoisotopic (exact) mass is 435 g/mol. The number of fused-ring (bicyclic) bond motifs is 1. The zero-order valence-electron chi connectivity index (χ0n) is 17.6. The van der Waals surface area contributed by atoms with Gasteiger partial charge in [0.2, 0.25) is 5.91 Å². The SMILES string of the molecule is CCc1cc(C(F)(F)F)c2c([C@H]3CCCN(C(=O)[C@H](C)n4nccc4C)C3)noc2n1. The van der Waals surface area contributed by atoms with Crippen LogP contribution in [0.2, 0.25) is 0 Å². The van der Waals surface area contributed by atoms with E-state index in [1.54, 1.807) is 29.6 Å². The second-order valence-corrected chi connectivity index (χ2v) is 7.98. The maximum absolute atomic E-state index is 13.8. The third-order valence-electron chi connectivity index (χ3n) is 5.91. The van der Waals surface area contributed by atoms with Gasteiger partial charge < -0.3 is 9.42 Å².